The maximum atomic E-state index is 12.9. The molecule has 1 saturated heterocycles. The van der Waals surface area contributed by atoms with Crippen molar-refractivity contribution >= 4 is 33.4 Å². The molecule has 1 aromatic heterocycles. The Morgan fingerprint density at radius 1 is 0.684 bits per heavy atom. The van der Waals surface area contributed by atoms with Gasteiger partial charge in [-0.25, -0.2) is 13.9 Å². The number of hydrogen-bond acceptors (Lipinski definition) is 16. The number of aromatic nitrogens is 2. The largest absolute Gasteiger partial charge is 0.481 e. The molecule has 7 N–H and O–H groups in total. The first-order valence-electron chi connectivity index (χ1n) is 27.1. The number of nitrogens with two attached hydrogens (primary N) is 1. The van der Waals surface area contributed by atoms with Gasteiger partial charge in [-0.1, -0.05) is 137 Å². The SMILES string of the molecule is CCCCCC/C=C\C/C=C\C/C=C\CCCCCCCCC(=O)OC[C@H](COP(=O)(O)OP(=O)(O)OC[C@H]1O[C@@H](n2ccc(N)nc2=O)[C@H](O)[C@@H]1O)OC(=O)CCC/C=C\C/C=C\C/C=C\C/C=C\CCC[C@H](C)O. The molecule has 1 aliphatic rings. The van der Waals surface area contributed by atoms with Crippen LogP contribution in [0.25, 0.3) is 0 Å². The summed E-state index contributed by atoms with van der Waals surface area (Å²) >= 11 is 0. The van der Waals surface area contributed by atoms with Crippen LogP contribution < -0.4 is 11.4 Å². The zero-order chi connectivity index (χ0) is 55.7. The van der Waals surface area contributed by atoms with E-state index in [0.29, 0.717) is 25.7 Å². The maximum absolute atomic E-state index is 12.9. The molecule has 1 aliphatic heterocycles. The minimum atomic E-state index is -5.45. The number of phosphoric acid groups is 2. The monoisotopic (exact) mass is 1110 g/mol. The van der Waals surface area contributed by atoms with Crippen molar-refractivity contribution in [1.29, 1.82) is 0 Å². The Labute approximate surface area is 450 Å². The molecule has 430 valence electrons. The van der Waals surface area contributed by atoms with E-state index in [4.69, 9.17) is 29.0 Å². The van der Waals surface area contributed by atoms with E-state index in [0.717, 1.165) is 101 Å². The van der Waals surface area contributed by atoms with Gasteiger partial charge in [-0.05, 0) is 109 Å². The number of aliphatic hydroxyl groups is 3. The number of aliphatic hydroxyl groups excluding tert-OH is 3. The second-order valence-electron chi connectivity index (χ2n) is 18.7. The average molecular weight is 1110 g/mol. The Bertz CT molecular complexity index is 2120. The first-order valence-corrected chi connectivity index (χ1v) is 30.1. The van der Waals surface area contributed by atoms with Crippen molar-refractivity contribution in [1.82, 2.24) is 9.55 Å². The molecule has 8 atom stereocenters. The molecule has 76 heavy (non-hydrogen) atoms. The van der Waals surface area contributed by atoms with Crippen LogP contribution in [0, 0.1) is 0 Å². The van der Waals surface area contributed by atoms with Crippen LogP contribution in [0.4, 0.5) is 5.82 Å². The Balaban J connectivity index is 1.81. The average Bonchev–Trinajstić information content (AvgIpc) is 3.65. The van der Waals surface area contributed by atoms with Gasteiger partial charge in [-0.15, -0.1) is 0 Å². The highest BCUT2D eigenvalue weighted by atomic mass is 31.3. The third kappa shape index (κ3) is 34.6. The van der Waals surface area contributed by atoms with E-state index in [1.165, 1.54) is 31.7 Å². The summed E-state index contributed by atoms with van der Waals surface area (Å²) in [7, 11) is -10.9. The maximum Gasteiger partial charge on any atom is 0.481 e. The number of carbonyl (C=O) groups excluding carboxylic acids is 2. The van der Waals surface area contributed by atoms with Crippen molar-refractivity contribution in [3.8, 4) is 0 Å². The van der Waals surface area contributed by atoms with Gasteiger partial charge in [0.15, 0.2) is 12.3 Å². The lowest BCUT2D eigenvalue weighted by Crippen LogP contribution is -2.36. The van der Waals surface area contributed by atoms with Gasteiger partial charge in [0.05, 0.1) is 19.3 Å². The molecule has 0 aromatic carbocycles. The molecule has 21 heteroatoms. The quantitative estimate of drug-likeness (QED) is 0.0153. The van der Waals surface area contributed by atoms with Crippen LogP contribution >= 0.6 is 15.6 Å². The topological polar surface area (TPSA) is 286 Å². The van der Waals surface area contributed by atoms with Crippen LogP contribution in [0.3, 0.4) is 0 Å². The Morgan fingerprint density at radius 3 is 1.72 bits per heavy atom. The van der Waals surface area contributed by atoms with Crippen molar-refractivity contribution in [3.63, 3.8) is 0 Å². The number of unbranched alkanes of at least 4 members (excludes halogenated alkanes) is 12. The van der Waals surface area contributed by atoms with E-state index in [1.54, 1.807) is 6.92 Å². The summed E-state index contributed by atoms with van der Waals surface area (Å²) in [4.78, 5) is 62.0. The fourth-order valence-electron chi connectivity index (χ4n) is 7.51. The first kappa shape index (κ1) is 68.0. The summed E-state index contributed by atoms with van der Waals surface area (Å²) in [5.74, 6) is -1.40. The van der Waals surface area contributed by atoms with Crippen molar-refractivity contribution in [3.05, 3.63) is 108 Å². The summed E-state index contributed by atoms with van der Waals surface area (Å²) in [6, 6.07) is 1.24. The highest BCUT2D eigenvalue weighted by Gasteiger charge is 2.46. The summed E-state index contributed by atoms with van der Waals surface area (Å²) in [5.41, 5.74) is 4.58. The number of nitrogen functional groups attached to an aromatic ring is 1. The minimum Gasteiger partial charge on any atom is -0.462 e. The van der Waals surface area contributed by atoms with E-state index in [9.17, 15) is 48.6 Å². The van der Waals surface area contributed by atoms with Crippen molar-refractivity contribution in [2.75, 3.05) is 25.6 Å². The van der Waals surface area contributed by atoms with E-state index < -0.39 is 83.7 Å². The van der Waals surface area contributed by atoms with Crippen LogP contribution in [0.2, 0.25) is 0 Å². The fraction of sp³-hybridized carbons (Fsp3) is 0.636. The van der Waals surface area contributed by atoms with E-state index in [1.807, 2.05) is 18.2 Å². The lowest BCUT2D eigenvalue weighted by Gasteiger charge is -2.21. The number of anilines is 1. The van der Waals surface area contributed by atoms with Gasteiger partial charge in [0.25, 0.3) is 0 Å². The van der Waals surface area contributed by atoms with E-state index in [-0.39, 0.29) is 24.8 Å². The predicted molar refractivity (Wildman–Crippen MR) is 294 cm³/mol. The van der Waals surface area contributed by atoms with Crippen molar-refractivity contribution in [2.45, 2.75) is 205 Å². The van der Waals surface area contributed by atoms with Gasteiger partial charge in [-0.3, -0.25) is 23.2 Å². The number of phosphoric ester groups is 2. The number of allylic oxidation sites excluding steroid dienone is 14. The predicted octanol–water partition coefficient (Wildman–Crippen LogP) is 10.8. The van der Waals surface area contributed by atoms with E-state index in [2.05, 4.69) is 83.1 Å². The minimum absolute atomic E-state index is 0.0451. The third-order valence-corrected chi connectivity index (χ3v) is 14.3. The molecular formula is C55H89N3O16P2. The number of carbonyl (C=O) groups is 2. The summed E-state index contributed by atoms with van der Waals surface area (Å²) in [6.07, 6.45) is 43.6. The Morgan fingerprint density at radius 2 is 1.17 bits per heavy atom. The first-order chi connectivity index (χ1) is 36.5. The smallest absolute Gasteiger partial charge is 0.462 e. The molecule has 0 amide bonds. The number of ether oxygens (including phenoxy) is 3. The molecule has 1 aromatic rings. The number of esters is 2. The fourth-order valence-corrected chi connectivity index (χ4v) is 9.62. The standard InChI is InChI=1S/C55H89N3O16P2/c1-3-4-5-6-7-8-9-10-11-12-13-14-15-18-21-24-27-30-33-36-39-50(60)69-43-47(72-51(61)40-37-34-31-28-25-22-19-16-17-20-23-26-29-32-35-38-46(2)59)44-70-75(65,66)74-76(67,68)71-45-48-52(62)53(63)54(73-48)58-42-41-49(56)57-55(58)64/h8-9,11-12,14-15,17,19-20,22,26,28-29,31,41-42,46-48,52-54,59,62-63H,3-7,10,13,16,18,21,23-25,27,30,32-40,43-45H2,1-2H3,(H,65,66)(H,67,68)(H2,56,57,64)/b9-8-,12-11-,15-14-,20-17-,22-19-,29-26-,31-28-/t46-,47+,48+,52+,53+,54+/m0/s1. The van der Waals surface area contributed by atoms with Gasteiger partial charge < -0.3 is 45.1 Å². The molecule has 0 bridgehead atoms. The summed E-state index contributed by atoms with van der Waals surface area (Å²) in [5, 5.41) is 30.2. The number of hydrogen-bond donors (Lipinski definition) is 6. The molecule has 2 heterocycles. The van der Waals surface area contributed by atoms with Gasteiger partial charge in [0.1, 0.15) is 30.7 Å². The molecule has 2 rings (SSSR count). The second kappa shape index (κ2) is 41.9. The van der Waals surface area contributed by atoms with Crippen LogP contribution in [0.15, 0.2) is 102 Å². The van der Waals surface area contributed by atoms with Crippen LogP contribution in [0.5, 0.6) is 0 Å². The van der Waals surface area contributed by atoms with Gasteiger partial charge in [-0.2, -0.15) is 9.29 Å². The van der Waals surface area contributed by atoms with Crippen LogP contribution in [-0.2, 0) is 46.3 Å². The highest BCUT2D eigenvalue weighted by molar-refractivity contribution is 7.61. The summed E-state index contributed by atoms with van der Waals surface area (Å²) < 4.78 is 56.8. The molecule has 0 aliphatic carbocycles. The molecule has 0 saturated carbocycles. The summed E-state index contributed by atoms with van der Waals surface area (Å²) in [6.45, 7) is 1.62. The van der Waals surface area contributed by atoms with Crippen LogP contribution in [0.1, 0.15) is 174 Å². The van der Waals surface area contributed by atoms with Gasteiger partial charge in [0.2, 0.25) is 0 Å². The molecule has 19 nitrogen and oxygen atoms in total. The van der Waals surface area contributed by atoms with Crippen molar-refractivity contribution < 1.29 is 71.4 Å². The Kier molecular flexibility index (Phi) is 37.5. The molecule has 0 spiro atoms. The molecule has 2 unspecified atom stereocenters. The van der Waals surface area contributed by atoms with Crippen LogP contribution in [-0.4, -0.2) is 96.9 Å². The van der Waals surface area contributed by atoms with Gasteiger partial charge in [0, 0.05) is 19.0 Å². The molecule has 1 fully saturated rings. The number of rotatable bonds is 44. The molecular weight excluding hydrogens is 1020 g/mol. The Hall–Kier alpha value is -4.10. The highest BCUT2D eigenvalue weighted by Crippen LogP contribution is 2.60. The zero-order valence-corrected chi connectivity index (χ0v) is 46.7. The third-order valence-electron chi connectivity index (χ3n) is 11.7. The second-order valence-corrected chi connectivity index (χ2v) is 21.7. The van der Waals surface area contributed by atoms with E-state index >= 15 is 0 Å². The van der Waals surface area contributed by atoms with Gasteiger partial charge >= 0.3 is 33.3 Å². The molecule has 0 radical (unpaired) electrons. The lowest BCUT2D eigenvalue weighted by atomic mass is 10.1. The van der Waals surface area contributed by atoms with Crippen molar-refractivity contribution in [2.24, 2.45) is 0 Å². The zero-order valence-electron chi connectivity index (χ0n) is 44.9. The number of nitrogens with zero attached hydrogens (tertiary/aromatic N) is 2. The normalized spacial score (nSPS) is 19.8. The lowest BCUT2D eigenvalue weighted by molar-refractivity contribution is -0.161.